The highest BCUT2D eigenvalue weighted by Crippen LogP contribution is 2.31. The molecule has 0 aliphatic carbocycles. The van der Waals surface area contributed by atoms with Crippen LogP contribution in [-0.4, -0.2) is 51.3 Å². The van der Waals surface area contributed by atoms with E-state index in [2.05, 4.69) is 25.3 Å². The standard InChI is InChI=1S/C23H22F2N6O/c24-17-7-9-18(10-8-17)29-11-13-30(14-12-29)22(20-5-1-2-6-21(20)25)23-26-27-28-31(23)16-19-4-3-15-32-19/h1-10,15,22H,11-14,16H2/t22-/m1/s1. The van der Waals surface area contributed by atoms with E-state index in [9.17, 15) is 8.78 Å². The van der Waals surface area contributed by atoms with Crippen LogP contribution in [0.15, 0.2) is 71.3 Å². The van der Waals surface area contributed by atoms with Crippen LogP contribution >= 0.6 is 0 Å². The predicted octanol–water partition coefficient (Wildman–Crippen LogP) is 3.50. The quantitative estimate of drug-likeness (QED) is 0.461. The van der Waals surface area contributed by atoms with Gasteiger partial charge >= 0.3 is 0 Å². The van der Waals surface area contributed by atoms with Gasteiger partial charge < -0.3 is 9.32 Å². The Morgan fingerprint density at radius 1 is 0.906 bits per heavy atom. The minimum absolute atomic E-state index is 0.254. The van der Waals surface area contributed by atoms with Crippen LogP contribution in [0.1, 0.15) is 23.2 Å². The first kappa shape index (κ1) is 20.3. The molecule has 9 heteroatoms. The maximum absolute atomic E-state index is 14.9. The third kappa shape index (κ3) is 4.11. The van der Waals surface area contributed by atoms with Gasteiger partial charge in [0, 0.05) is 37.4 Å². The Morgan fingerprint density at radius 2 is 1.69 bits per heavy atom. The van der Waals surface area contributed by atoms with Crippen LogP contribution in [0, 0.1) is 11.6 Å². The lowest BCUT2D eigenvalue weighted by molar-refractivity contribution is 0.197. The summed E-state index contributed by atoms with van der Waals surface area (Å²) in [5.41, 5.74) is 1.49. The fraction of sp³-hybridized carbons (Fsp3) is 0.261. The van der Waals surface area contributed by atoms with Gasteiger partial charge in [0.05, 0.1) is 6.26 Å². The van der Waals surface area contributed by atoms with Crippen LogP contribution in [0.2, 0.25) is 0 Å². The van der Waals surface area contributed by atoms with Crippen molar-refractivity contribution in [3.05, 3.63) is 95.7 Å². The third-order valence-corrected chi connectivity index (χ3v) is 5.76. The number of hydrogen-bond donors (Lipinski definition) is 0. The van der Waals surface area contributed by atoms with Gasteiger partial charge in [-0.05, 0) is 52.9 Å². The zero-order chi connectivity index (χ0) is 21.9. The van der Waals surface area contributed by atoms with Crippen LogP contribution in [0.5, 0.6) is 0 Å². The van der Waals surface area contributed by atoms with Crippen molar-refractivity contribution < 1.29 is 13.2 Å². The summed E-state index contributed by atoms with van der Waals surface area (Å²) in [5.74, 6) is 0.718. The maximum Gasteiger partial charge on any atom is 0.173 e. The van der Waals surface area contributed by atoms with Gasteiger partial charge in [0.15, 0.2) is 5.82 Å². The second-order valence-electron chi connectivity index (χ2n) is 7.70. The molecule has 32 heavy (non-hydrogen) atoms. The normalized spacial score (nSPS) is 15.8. The highest BCUT2D eigenvalue weighted by Gasteiger charge is 2.32. The molecule has 3 heterocycles. The Balaban J connectivity index is 1.43. The molecule has 0 N–H and O–H groups in total. The van der Waals surface area contributed by atoms with Crippen molar-refractivity contribution in [2.75, 3.05) is 31.1 Å². The molecule has 1 fully saturated rings. The Bertz CT molecular complexity index is 1150. The monoisotopic (exact) mass is 436 g/mol. The third-order valence-electron chi connectivity index (χ3n) is 5.76. The molecular weight excluding hydrogens is 414 g/mol. The summed E-state index contributed by atoms with van der Waals surface area (Å²) in [5, 5.41) is 12.3. The first-order chi connectivity index (χ1) is 15.7. The molecule has 1 saturated heterocycles. The summed E-state index contributed by atoms with van der Waals surface area (Å²) >= 11 is 0. The van der Waals surface area contributed by atoms with E-state index in [0.717, 1.165) is 18.8 Å². The van der Waals surface area contributed by atoms with Gasteiger partial charge in [-0.15, -0.1) is 5.10 Å². The fourth-order valence-corrected chi connectivity index (χ4v) is 4.16. The molecule has 0 bridgehead atoms. The van der Waals surface area contributed by atoms with Gasteiger partial charge in [-0.3, -0.25) is 4.90 Å². The summed E-state index contributed by atoms with van der Waals surface area (Å²) in [6.07, 6.45) is 1.60. The second-order valence-corrected chi connectivity index (χ2v) is 7.70. The van der Waals surface area contributed by atoms with Gasteiger partial charge in [0.1, 0.15) is 30.0 Å². The summed E-state index contributed by atoms with van der Waals surface area (Å²) in [4.78, 5) is 4.38. The highest BCUT2D eigenvalue weighted by atomic mass is 19.1. The van der Waals surface area contributed by atoms with Crippen molar-refractivity contribution in [3.8, 4) is 0 Å². The fourth-order valence-electron chi connectivity index (χ4n) is 4.16. The molecule has 0 amide bonds. The average molecular weight is 436 g/mol. The molecule has 0 saturated carbocycles. The number of furan rings is 1. The number of rotatable bonds is 6. The van der Waals surface area contributed by atoms with Crippen LogP contribution in [0.4, 0.5) is 14.5 Å². The van der Waals surface area contributed by atoms with Gasteiger partial charge in [-0.2, -0.15) is 0 Å². The molecule has 0 unspecified atom stereocenters. The summed E-state index contributed by atoms with van der Waals surface area (Å²) < 4.78 is 35.3. The molecule has 5 rings (SSSR count). The second kappa shape index (κ2) is 8.88. The Hall–Kier alpha value is -3.59. The van der Waals surface area contributed by atoms with Crippen molar-refractivity contribution in [3.63, 3.8) is 0 Å². The molecular formula is C23H22F2N6O. The first-order valence-electron chi connectivity index (χ1n) is 10.5. The lowest BCUT2D eigenvalue weighted by Gasteiger charge is -2.39. The van der Waals surface area contributed by atoms with Gasteiger partial charge in [0.25, 0.3) is 0 Å². The Labute approximate surface area is 183 Å². The zero-order valence-corrected chi connectivity index (χ0v) is 17.3. The molecule has 0 radical (unpaired) electrons. The number of aromatic nitrogens is 4. The van der Waals surface area contributed by atoms with E-state index in [0.29, 0.717) is 36.8 Å². The van der Waals surface area contributed by atoms with Gasteiger partial charge in [-0.1, -0.05) is 18.2 Å². The lowest BCUT2D eigenvalue weighted by atomic mass is 10.0. The molecule has 164 valence electrons. The summed E-state index contributed by atoms with van der Waals surface area (Å²) in [7, 11) is 0. The molecule has 7 nitrogen and oxygen atoms in total. The van der Waals surface area contributed by atoms with Crippen molar-refractivity contribution in [2.45, 2.75) is 12.6 Å². The number of piperazine rings is 1. The Morgan fingerprint density at radius 3 is 2.41 bits per heavy atom. The maximum atomic E-state index is 14.9. The molecule has 1 atom stereocenters. The molecule has 2 aromatic carbocycles. The topological polar surface area (TPSA) is 63.2 Å². The van der Waals surface area contributed by atoms with E-state index in [1.807, 2.05) is 18.2 Å². The van der Waals surface area contributed by atoms with Gasteiger partial charge in [-0.25, -0.2) is 13.5 Å². The van der Waals surface area contributed by atoms with E-state index < -0.39 is 6.04 Å². The minimum Gasteiger partial charge on any atom is -0.467 e. The SMILES string of the molecule is Fc1ccc(N2CCN([C@H](c3ccccc3F)c3nnnn3Cc3ccco3)CC2)cc1. The number of hydrogen-bond acceptors (Lipinski definition) is 6. The van der Waals surface area contributed by atoms with Crippen molar-refractivity contribution in [1.82, 2.24) is 25.1 Å². The number of tetrazole rings is 1. The predicted molar refractivity (Wildman–Crippen MR) is 114 cm³/mol. The van der Waals surface area contributed by atoms with Crippen LogP contribution in [-0.2, 0) is 6.54 Å². The summed E-state index contributed by atoms with van der Waals surface area (Å²) in [6.45, 7) is 3.14. The minimum atomic E-state index is -0.448. The highest BCUT2D eigenvalue weighted by molar-refractivity contribution is 5.46. The molecule has 0 spiro atoms. The smallest absolute Gasteiger partial charge is 0.173 e. The van der Waals surface area contributed by atoms with E-state index >= 15 is 0 Å². The van der Waals surface area contributed by atoms with Crippen molar-refractivity contribution >= 4 is 5.69 Å². The zero-order valence-electron chi connectivity index (χ0n) is 17.3. The van der Waals surface area contributed by atoms with Crippen molar-refractivity contribution in [2.24, 2.45) is 0 Å². The van der Waals surface area contributed by atoms with E-state index in [4.69, 9.17) is 4.42 Å². The van der Waals surface area contributed by atoms with Crippen LogP contribution < -0.4 is 4.90 Å². The molecule has 1 aliphatic rings. The first-order valence-corrected chi connectivity index (χ1v) is 10.5. The van der Waals surface area contributed by atoms with E-state index in [1.54, 1.807) is 35.2 Å². The lowest BCUT2D eigenvalue weighted by Crippen LogP contribution is -2.48. The number of halogens is 2. The number of anilines is 1. The largest absolute Gasteiger partial charge is 0.467 e. The molecule has 1 aliphatic heterocycles. The van der Waals surface area contributed by atoms with Crippen LogP contribution in [0.25, 0.3) is 0 Å². The molecule has 4 aromatic rings. The van der Waals surface area contributed by atoms with E-state index in [1.165, 1.54) is 18.2 Å². The van der Waals surface area contributed by atoms with E-state index in [-0.39, 0.29) is 11.6 Å². The Kier molecular flexibility index (Phi) is 5.64. The van der Waals surface area contributed by atoms with Crippen molar-refractivity contribution in [1.29, 1.82) is 0 Å². The number of benzene rings is 2. The van der Waals surface area contributed by atoms with Gasteiger partial charge in [0.2, 0.25) is 0 Å². The summed E-state index contributed by atoms with van der Waals surface area (Å²) in [6, 6.07) is 16.4. The molecule has 2 aromatic heterocycles. The number of nitrogens with zero attached hydrogens (tertiary/aromatic N) is 6. The van der Waals surface area contributed by atoms with Crippen LogP contribution in [0.3, 0.4) is 0 Å². The average Bonchev–Trinajstić information content (AvgIpc) is 3.49.